The van der Waals surface area contributed by atoms with Crippen LogP contribution in [0.2, 0.25) is 0 Å². The van der Waals surface area contributed by atoms with Gasteiger partial charge in [0, 0.05) is 31.0 Å². The van der Waals surface area contributed by atoms with Crippen LogP contribution < -0.4 is 10.1 Å². The SMILES string of the molecule is Fc1nn(C2CCCCO2)c2ccc(/C(=C(\CC(F)(F)F)c3ccccc3)c3ccc(O[C@H]4CCNC4)nc3)cc12. The van der Waals surface area contributed by atoms with Crippen molar-refractivity contribution in [3.8, 4) is 5.88 Å². The molecule has 2 saturated heterocycles. The lowest BCUT2D eigenvalue weighted by atomic mass is 9.88. The van der Waals surface area contributed by atoms with Gasteiger partial charge in [-0.05, 0) is 72.7 Å². The highest BCUT2D eigenvalue weighted by atomic mass is 19.4. The zero-order valence-electron chi connectivity index (χ0n) is 22.3. The van der Waals surface area contributed by atoms with E-state index in [4.69, 9.17) is 9.47 Å². The van der Waals surface area contributed by atoms with Crippen LogP contribution in [0.4, 0.5) is 17.6 Å². The van der Waals surface area contributed by atoms with E-state index in [0.717, 1.165) is 25.8 Å². The first-order valence-electron chi connectivity index (χ1n) is 13.8. The molecule has 2 aliphatic rings. The van der Waals surface area contributed by atoms with Gasteiger partial charge in [-0.15, -0.1) is 5.10 Å². The standard InChI is InChI=1S/C31H30F4N4O2/c32-30-24-16-21(9-11-26(24)39(38-30)28-8-4-5-15-40-28)29(25(17-31(33,34)35)20-6-2-1-3-7-20)22-10-12-27(37-18-22)41-23-13-14-36-19-23/h1-3,6-7,9-12,16,18,23,28,36H,4-5,8,13-15,17,19H2/b29-25-/t23-,28?/m0/s1. The third-order valence-electron chi connectivity index (χ3n) is 7.51. The maximum atomic E-state index is 15.2. The van der Waals surface area contributed by atoms with Crippen LogP contribution in [0, 0.1) is 5.95 Å². The molecule has 0 amide bonds. The molecule has 10 heteroatoms. The lowest BCUT2D eigenvalue weighted by molar-refractivity contribution is -0.122. The number of aromatic nitrogens is 3. The molecule has 2 fully saturated rings. The van der Waals surface area contributed by atoms with E-state index in [1.165, 1.54) is 10.9 Å². The van der Waals surface area contributed by atoms with Gasteiger partial charge in [-0.1, -0.05) is 36.4 Å². The Morgan fingerprint density at radius 3 is 2.51 bits per heavy atom. The average Bonchev–Trinajstić information content (AvgIpc) is 3.61. The van der Waals surface area contributed by atoms with E-state index in [1.54, 1.807) is 60.7 Å². The van der Waals surface area contributed by atoms with Gasteiger partial charge < -0.3 is 14.8 Å². The lowest BCUT2D eigenvalue weighted by Gasteiger charge is -2.23. The summed E-state index contributed by atoms with van der Waals surface area (Å²) in [5.74, 6) is -0.298. The third-order valence-corrected chi connectivity index (χ3v) is 7.51. The van der Waals surface area contributed by atoms with Crippen LogP contribution in [-0.2, 0) is 4.74 Å². The van der Waals surface area contributed by atoms with Crippen molar-refractivity contribution in [3.05, 3.63) is 89.5 Å². The minimum Gasteiger partial charge on any atom is -0.473 e. The number of alkyl halides is 3. The number of pyridine rings is 1. The minimum absolute atomic E-state index is 0.0106. The zero-order valence-corrected chi connectivity index (χ0v) is 22.3. The Morgan fingerprint density at radius 1 is 1.00 bits per heavy atom. The van der Waals surface area contributed by atoms with Gasteiger partial charge in [-0.2, -0.15) is 17.6 Å². The number of allylic oxidation sites excluding steroid dienone is 1. The van der Waals surface area contributed by atoms with Crippen molar-refractivity contribution in [1.82, 2.24) is 20.1 Å². The molecule has 0 radical (unpaired) electrons. The second-order valence-corrected chi connectivity index (χ2v) is 10.4. The first kappa shape index (κ1) is 27.4. The monoisotopic (exact) mass is 566 g/mol. The van der Waals surface area contributed by atoms with Gasteiger partial charge in [0.25, 0.3) is 0 Å². The van der Waals surface area contributed by atoms with Gasteiger partial charge >= 0.3 is 6.18 Å². The Bertz CT molecular complexity index is 1520. The van der Waals surface area contributed by atoms with E-state index in [2.05, 4.69) is 15.4 Å². The van der Waals surface area contributed by atoms with Crippen molar-refractivity contribution >= 4 is 22.0 Å². The molecule has 1 N–H and O–H groups in total. The van der Waals surface area contributed by atoms with Crippen LogP contribution in [0.15, 0.2) is 66.9 Å². The summed E-state index contributed by atoms with van der Waals surface area (Å²) >= 11 is 0. The molecule has 2 atom stereocenters. The van der Waals surface area contributed by atoms with Crippen LogP contribution in [0.25, 0.3) is 22.0 Å². The summed E-state index contributed by atoms with van der Waals surface area (Å²) in [6.45, 7) is 2.14. The summed E-state index contributed by atoms with van der Waals surface area (Å²) in [4.78, 5) is 4.43. The Morgan fingerprint density at radius 2 is 1.83 bits per heavy atom. The lowest BCUT2D eigenvalue weighted by Crippen LogP contribution is -2.20. The van der Waals surface area contributed by atoms with Gasteiger partial charge in [0.1, 0.15) is 6.10 Å². The van der Waals surface area contributed by atoms with Crippen molar-refractivity contribution < 1.29 is 27.0 Å². The molecule has 0 saturated carbocycles. The molecule has 0 bridgehead atoms. The smallest absolute Gasteiger partial charge is 0.393 e. The number of fused-ring (bicyclic) bond motifs is 1. The van der Waals surface area contributed by atoms with Crippen molar-refractivity contribution in [2.45, 2.75) is 50.6 Å². The third kappa shape index (κ3) is 6.13. The number of ether oxygens (including phenoxy) is 2. The average molecular weight is 567 g/mol. The number of hydrogen-bond donors (Lipinski definition) is 1. The predicted molar refractivity (Wildman–Crippen MR) is 148 cm³/mol. The zero-order chi connectivity index (χ0) is 28.4. The second kappa shape index (κ2) is 11.6. The number of benzene rings is 2. The fourth-order valence-corrected chi connectivity index (χ4v) is 5.58. The van der Waals surface area contributed by atoms with Crippen molar-refractivity contribution in [3.63, 3.8) is 0 Å². The second-order valence-electron chi connectivity index (χ2n) is 10.4. The summed E-state index contributed by atoms with van der Waals surface area (Å²) in [5, 5.41) is 7.55. The van der Waals surface area contributed by atoms with Crippen molar-refractivity contribution in [2.75, 3.05) is 19.7 Å². The van der Waals surface area contributed by atoms with Crippen LogP contribution in [0.5, 0.6) is 5.88 Å². The largest absolute Gasteiger partial charge is 0.473 e. The quantitative estimate of drug-likeness (QED) is 0.194. The Labute approximate surface area is 235 Å². The molecule has 6 nitrogen and oxygen atoms in total. The molecule has 2 aliphatic heterocycles. The highest BCUT2D eigenvalue weighted by Gasteiger charge is 2.32. The normalized spacial score (nSPS) is 20.3. The molecule has 4 heterocycles. The van der Waals surface area contributed by atoms with E-state index in [9.17, 15) is 13.2 Å². The predicted octanol–water partition coefficient (Wildman–Crippen LogP) is 6.92. The summed E-state index contributed by atoms with van der Waals surface area (Å²) in [6.07, 6.45) is -1.08. The van der Waals surface area contributed by atoms with Gasteiger partial charge in [-0.3, -0.25) is 0 Å². The van der Waals surface area contributed by atoms with Crippen molar-refractivity contribution in [1.29, 1.82) is 0 Å². The number of halogens is 4. The van der Waals surface area contributed by atoms with Gasteiger partial charge in [0.15, 0.2) is 6.23 Å². The number of hydrogen-bond acceptors (Lipinski definition) is 5. The fraction of sp³-hybridized carbons (Fsp3) is 0.355. The van der Waals surface area contributed by atoms with E-state index in [1.807, 2.05) is 0 Å². The minimum atomic E-state index is -4.49. The molecule has 1 unspecified atom stereocenters. The van der Waals surface area contributed by atoms with Gasteiger partial charge in [-0.25, -0.2) is 9.67 Å². The van der Waals surface area contributed by atoms with Crippen LogP contribution in [-0.4, -0.2) is 46.7 Å². The molecule has 214 valence electrons. The molecular formula is C31H30F4N4O2. The Balaban J connectivity index is 1.49. The molecule has 0 aliphatic carbocycles. The van der Waals surface area contributed by atoms with Crippen LogP contribution in [0.3, 0.4) is 0 Å². The van der Waals surface area contributed by atoms with Crippen LogP contribution >= 0.6 is 0 Å². The topological polar surface area (TPSA) is 61.2 Å². The molecule has 6 rings (SSSR count). The maximum absolute atomic E-state index is 15.2. The van der Waals surface area contributed by atoms with Crippen molar-refractivity contribution in [2.24, 2.45) is 0 Å². The molecule has 4 aromatic rings. The first-order valence-corrected chi connectivity index (χ1v) is 13.8. The Kier molecular flexibility index (Phi) is 7.77. The molecule has 2 aromatic carbocycles. The molecule has 0 spiro atoms. The Hall–Kier alpha value is -3.76. The number of rotatable bonds is 7. The highest BCUT2D eigenvalue weighted by molar-refractivity contribution is 6.00. The summed E-state index contributed by atoms with van der Waals surface area (Å²) < 4.78 is 70.6. The van der Waals surface area contributed by atoms with E-state index in [-0.39, 0.29) is 23.3 Å². The fourth-order valence-electron chi connectivity index (χ4n) is 5.58. The van der Waals surface area contributed by atoms with Crippen LogP contribution in [0.1, 0.15) is 55.0 Å². The number of nitrogens with one attached hydrogen (secondary N) is 1. The van der Waals surface area contributed by atoms with E-state index in [0.29, 0.717) is 53.2 Å². The summed E-state index contributed by atoms with van der Waals surface area (Å²) in [7, 11) is 0. The number of nitrogens with zero attached hydrogens (tertiary/aromatic N) is 3. The maximum Gasteiger partial charge on any atom is 0.393 e. The molecular weight excluding hydrogens is 536 g/mol. The molecule has 2 aromatic heterocycles. The summed E-state index contributed by atoms with van der Waals surface area (Å²) in [5.41, 5.74) is 2.23. The summed E-state index contributed by atoms with van der Waals surface area (Å²) in [6, 6.07) is 16.8. The highest BCUT2D eigenvalue weighted by Crippen LogP contribution is 2.40. The van der Waals surface area contributed by atoms with Gasteiger partial charge in [0.05, 0.1) is 17.3 Å². The van der Waals surface area contributed by atoms with E-state index >= 15 is 4.39 Å². The molecule has 41 heavy (non-hydrogen) atoms. The van der Waals surface area contributed by atoms with Gasteiger partial charge in [0.2, 0.25) is 11.8 Å². The first-order chi connectivity index (χ1) is 19.9. The van der Waals surface area contributed by atoms with E-state index < -0.39 is 18.5 Å².